The van der Waals surface area contributed by atoms with E-state index in [4.69, 9.17) is 4.74 Å². The second kappa shape index (κ2) is 8.20. The minimum Gasteiger partial charge on any atom is -0.493 e. The van der Waals surface area contributed by atoms with Crippen LogP contribution < -0.4 is 14.4 Å². The molecule has 3 rings (SSSR count). The third kappa shape index (κ3) is 4.27. The van der Waals surface area contributed by atoms with E-state index in [-0.39, 0.29) is 23.2 Å². The SMILES string of the molecule is COc1cc(C(=O)N2CCN(c3ccccc3F)CC2)ccc1OC(F)F. The summed E-state index contributed by atoms with van der Waals surface area (Å²) in [4.78, 5) is 16.2. The van der Waals surface area contributed by atoms with Crippen molar-refractivity contribution in [2.24, 2.45) is 0 Å². The first-order valence-corrected chi connectivity index (χ1v) is 8.41. The molecule has 0 aromatic heterocycles. The molecular weight excluding hydrogens is 361 g/mol. The molecule has 1 aliphatic rings. The molecule has 0 spiro atoms. The molecule has 0 atom stereocenters. The number of anilines is 1. The van der Waals surface area contributed by atoms with E-state index >= 15 is 0 Å². The van der Waals surface area contributed by atoms with E-state index in [9.17, 15) is 18.0 Å². The summed E-state index contributed by atoms with van der Waals surface area (Å²) in [6, 6.07) is 10.6. The van der Waals surface area contributed by atoms with E-state index in [0.717, 1.165) is 0 Å². The predicted molar refractivity (Wildman–Crippen MR) is 94.1 cm³/mol. The normalized spacial score (nSPS) is 14.4. The number of para-hydroxylation sites is 1. The topological polar surface area (TPSA) is 42.0 Å². The lowest BCUT2D eigenvalue weighted by Crippen LogP contribution is -2.49. The lowest BCUT2D eigenvalue weighted by Gasteiger charge is -2.36. The van der Waals surface area contributed by atoms with Crippen LogP contribution in [0.2, 0.25) is 0 Å². The molecule has 1 saturated heterocycles. The number of benzene rings is 2. The highest BCUT2D eigenvalue weighted by molar-refractivity contribution is 5.95. The van der Waals surface area contributed by atoms with Gasteiger partial charge in [0, 0.05) is 31.7 Å². The molecule has 1 fully saturated rings. The van der Waals surface area contributed by atoms with Crippen LogP contribution in [0.5, 0.6) is 11.5 Å². The number of methoxy groups -OCH3 is 1. The second-order valence-electron chi connectivity index (χ2n) is 5.97. The average Bonchev–Trinajstić information content (AvgIpc) is 2.68. The maximum Gasteiger partial charge on any atom is 0.387 e. The first kappa shape index (κ1) is 18.9. The standard InChI is InChI=1S/C19H19F3N2O3/c1-26-17-12-13(6-7-16(17)27-19(21)22)18(25)24-10-8-23(9-11-24)15-5-3-2-4-14(15)20/h2-7,12,19H,8-11H2,1H3. The first-order chi connectivity index (χ1) is 13.0. The molecule has 5 nitrogen and oxygen atoms in total. The summed E-state index contributed by atoms with van der Waals surface area (Å²) in [5, 5.41) is 0. The van der Waals surface area contributed by atoms with Crippen molar-refractivity contribution in [3.8, 4) is 11.5 Å². The van der Waals surface area contributed by atoms with Gasteiger partial charge in [0.2, 0.25) is 0 Å². The Balaban J connectivity index is 1.68. The summed E-state index contributed by atoms with van der Waals surface area (Å²) in [5.74, 6) is -0.610. The van der Waals surface area contributed by atoms with Crippen molar-refractivity contribution in [3.05, 3.63) is 53.8 Å². The predicted octanol–water partition coefficient (Wildman–Crippen LogP) is 3.40. The van der Waals surface area contributed by atoms with Crippen molar-refractivity contribution in [2.75, 3.05) is 38.2 Å². The largest absolute Gasteiger partial charge is 0.493 e. The van der Waals surface area contributed by atoms with Crippen molar-refractivity contribution < 1.29 is 27.4 Å². The molecule has 0 aliphatic carbocycles. The summed E-state index contributed by atoms with van der Waals surface area (Å²) in [6.45, 7) is -1.14. The average molecular weight is 380 g/mol. The number of rotatable bonds is 5. The summed E-state index contributed by atoms with van der Waals surface area (Å²) < 4.78 is 48.1. The number of halogens is 3. The molecule has 0 unspecified atom stereocenters. The molecule has 144 valence electrons. The minimum absolute atomic E-state index is 0.0612. The number of nitrogens with zero attached hydrogens (tertiary/aromatic N) is 2. The van der Waals surface area contributed by atoms with Crippen LogP contribution in [0.4, 0.5) is 18.9 Å². The highest BCUT2D eigenvalue weighted by Crippen LogP contribution is 2.30. The molecule has 27 heavy (non-hydrogen) atoms. The van der Waals surface area contributed by atoms with Crippen LogP contribution in [-0.4, -0.2) is 50.7 Å². The number of hydrogen-bond acceptors (Lipinski definition) is 4. The van der Waals surface area contributed by atoms with Crippen LogP contribution in [0.1, 0.15) is 10.4 Å². The summed E-state index contributed by atoms with van der Waals surface area (Å²) >= 11 is 0. The first-order valence-electron chi connectivity index (χ1n) is 8.41. The quantitative estimate of drug-likeness (QED) is 0.798. The van der Waals surface area contributed by atoms with Crippen molar-refractivity contribution in [1.82, 2.24) is 4.90 Å². The number of hydrogen-bond donors (Lipinski definition) is 0. The fourth-order valence-electron chi connectivity index (χ4n) is 3.04. The van der Waals surface area contributed by atoms with Crippen molar-refractivity contribution in [3.63, 3.8) is 0 Å². The van der Waals surface area contributed by atoms with Crippen LogP contribution in [0.25, 0.3) is 0 Å². The van der Waals surface area contributed by atoms with Gasteiger partial charge in [0.05, 0.1) is 12.8 Å². The Kier molecular flexibility index (Phi) is 5.73. The van der Waals surface area contributed by atoms with Gasteiger partial charge in [0.1, 0.15) is 5.82 Å². The fourth-order valence-corrected chi connectivity index (χ4v) is 3.04. The zero-order chi connectivity index (χ0) is 19.4. The maximum absolute atomic E-state index is 13.9. The van der Waals surface area contributed by atoms with Gasteiger partial charge in [-0.05, 0) is 30.3 Å². The lowest BCUT2D eigenvalue weighted by molar-refractivity contribution is -0.0512. The zero-order valence-corrected chi connectivity index (χ0v) is 14.7. The molecule has 1 amide bonds. The number of carbonyl (C=O) groups is 1. The van der Waals surface area contributed by atoms with Crippen molar-refractivity contribution in [2.45, 2.75) is 6.61 Å². The van der Waals surface area contributed by atoms with Gasteiger partial charge in [-0.1, -0.05) is 12.1 Å². The Morgan fingerprint density at radius 1 is 1.04 bits per heavy atom. The molecule has 1 aliphatic heterocycles. The van der Waals surface area contributed by atoms with Crippen LogP contribution in [-0.2, 0) is 0 Å². The second-order valence-corrected chi connectivity index (χ2v) is 5.97. The molecule has 2 aromatic rings. The van der Waals surface area contributed by atoms with E-state index in [1.54, 1.807) is 23.1 Å². The highest BCUT2D eigenvalue weighted by Gasteiger charge is 2.24. The monoisotopic (exact) mass is 380 g/mol. The molecule has 0 radical (unpaired) electrons. The molecule has 8 heteroatoms. The highest BCUT2D eigenvalue weighted by atomic mass is 19.3. The number of amides is 1. The number of alkyl halides is 2. The van der Waals surface area contributed by atoms with E-state index in [1.165, 1.54) is 31.4 Å². The van der Waals surface area contributed by atoms with Crippen LogP contribution in [0, 0.1) is 5.82 Å². The number of ether oxygens (including phenoxy) is 2. The van der Waals surface area contributed by atoms with Gasteiger partial charge in [0.15, 0.2) is 11.5 Å². The van der Waals surface area contributed by atoms with Gasteiger partial charge in [-0.3, -0.25) is 4.79 Å². The Morgan fingerprint density at radius 2 is 1.74 bits per heavy atom. The number of carbonyl (C=O) groups excluding carboxylic acids is 1. The lowest BCUT2D eigenvalue weighted by atomic mass is 10.1. The van der Waals surface area contributed by atoms with Crippen molar-refractivity contribution >= 4 is 11.6 Å². The molecule has 2 aromatic carbocycles. The molecule has 1 heterocycles. The Morgan fingerprint density at radius 3 is 2.37 bits per heavy atom. The van der Waals surface area contributed by atoms with Gasteiger partial charge in [-0.25, -0.2) is 4.39 Å². The minimum atomic E-state index is -2.98. The summed E-state index contributed by atoms with van der Waals surface area (Å²) in [7, 11) is 1.31. The van der Waals surface area contributed by atoms with Gasteiger partial charge in [-0.15, -0.1) is 0 Å². The third-order valence-electron chi connectivity index (χ3n) is 4.39. The van der Waals surface area contributed by atoms with Gasteiger partial charge in [0.25, 0.3) is 5.91 Å². The summed E-state index contributed by atoms with van der Waals surface area (Å²) in [5.41, 5.74) is 0.826. The Bertz CT molecular complexity index is 809. The van der Waals surface area contributed by atoms with Crippen LogP contribution in [0.15, 0.2) is 42.5 Å². The zero-order valence-electron chi connectivity index (χ0n) is 14.7. The Labute approximate surface area is 154 Å². The van der Waals surface area contributed by atoms with Crippen LogP contribution in [0.3, 0.4) is 0 Å². The molecular formula is C19H19F3N2O3. The Hall–Kier alpha value is -2.90. The van der Waals surface area contributed by atoms with Gasteiger partial charge < -0.3 is 19.3 Å². The van der Waals surface area contributed by atoms with Crippen LogP contribution >= 0.6 is 0 Å². The smallest absolute Gasteiger partial charge is 0.387 e. The molecule has 0 N–H and O–H groups in total. The molecule has 0 saturated carbocycles. The third-order valence-corrected chi connectivity index (χ3v) is 4.39. The van der Waals surface area contributed by atoms with E-state index in [2.05, 4.69) is 4.74 Å². The van der Waals surface area contributed by atoms with Crippen molar-refractivity contribution in [1.29, 1.82) is 0 Å². The number of piperazine rings is 1. The van der Waals surface area contributed by atoms with Gasteiger partial charge >= 0.3 is 6.61 Å². The van der Waals surface area contributed by atoms with E-state index in [0.29, 0.717) is 37.4 Å². The summed E-state index contributed by atoms with van der Waals surface area (Å²) in [6.07, 6.45) is 0. The van der Waals surface area contributed by atoms with E-state index in [1.807, 2.05) is 4.90 Å². The maximum atomic E-state index is 13.9. The van der Waals surface area contributed by atoms with E-state index < -0.39 is 6.61 Å². The molecule has 0 bridgehead atoms. The fraction of sp³-hybridized carbons (Fsp3) is 0.316. The van der Waals surface area contributed by atoms with Gasteiger partial charge in [-0.2, -0.15) is 8.78 Å².